The standard InChI is InChI=1S/C27H22N2O4S/c1-3-33-19-12-10-17(11-13-19)23-22(24(30)18-7-5-4-6-8-18)25(31)26(32)29(23)27-28-20-14-9-16(2)15-21(20)34-27/h4-15,23,30H,3H2,1-2H3/b24-22+. The number of hydrogen-bond donors (Lipinski definition) is 1. The molecular weight excluding hydrogens is 448 g/mol. The highest BCUT2D eigenvalue weighted by atomic mass is 32.1. The van der Waals surface area contributed by atoms with E-state index in [1.54, 1.807) is 36.4 Å². The van der Waals surface area contributed by atoms with Crippen LogP contribution in [0.3, 0.4) is 0 Å². The third kappa shape index (κ3) is 3.74. The number of aryl methyl sites for hydroxylation is 1. The fourth-order valence-electron chi connectivity index (χ4n) is 4.13. The van der Waals surface area contributed by atoms with Crippen LogP contribution in [-0.4, -0.2) is 28.4 Å². The van der Waals surface area contributed by atoms with Crippen LogP contribution in [0.25, 0.3) is 16.0 Å². The lowest BCUT2D eigenvalue weighted by Gasteiger charge is -2.23. The quantitative estimate of drug-likeness (QED) is 0.232. The van der Waals surface area contributed by atoms with Gasteiger partial charge in [-0.05, 0) is 49.2 Å². The summed E-state index contributed by atoms with van der Waals surface area (Å²) in [6.07, 6.45) is 0. The van der Waals surface area contributed by atoms with E-state index < -0.39 is 17.7 Å². The summed E-state index contributed by atoms with van der Waals surface area (Å²) in [6.45, 7) is 4.42. The Balaban J connectivity index is 1.70. The first-order valence-electron chi connectivity index (χ1n) is 10.9. The van der Waals surface area contributed by atoms with E-state index in [1.165, 1.54) is 16.2 Å². The summed E-state index contributed by atoms with van der Waals surface area (Å²) in [7, 11) is 0. The average Bonchev–Trinajstić information content (AvgIpc) is 3.37. The van der Waals surface area contributed by atoms with Crippen molar-refractivity contribution in [2.24, 2.45) is 0 Å². The minimum atomic E-state index is -0.822. The summed E-state index contributed by atoms with van der Waals surface area (Å²) in [4.78, 5) is 32.6. The number of fused-ring (bicyclic) bond motifs is 1. The molecule has 1 unspecified atom stereocenters. The van der Waals surface area contributed by atoms with Crippen molar-refractivity contribution < 1.29 is 19.4 Å². The first kappa shape index (κ1) is 21.9. The van der Waals surface area contributed by atoms with E-state index in [0.717, 1.165) is 15.8 Å². The average molecular weight is 471 g/mol. The number of Topliss-reactive ketones (excluding diaryl/α,β-unsaturated/α-hetero) is 1. The summed E-state index contributed by atoms with van der Waals surface area (Å²) < 4.78 is 6.47. The molecule has 7 heteroatoms. The van der Waals surface area contributed by atoms with Gasteiger partial charge in [0.1, 0.15) is 11.5 Å². The maximum atomic E-state index is 13.3. The number of ether oxygens (including phenoxy) is 1. The van der Waals surface area contributed by atoms with Gasteiger partial charge in [0.05, 0.1) is 28.4 Å². The van der Waals surface area contributed by atoms with Crippen LogP contribution in [0, 0.1) is 6.92 Å². The number of rotatable bonds is 5. The predicted octanol–water partition coefficient (Wildman–Crippen LogP) is 5.63. The fourth-order valence-corrected chi connectivity index (χ4v) is 5.22. The van der Waals surface area contributed by atoms with E-state index in [-0.39, 0.29) is 11.3 Å². The molecule has 5 rings (SSSR count). The van der Waals surface area contributed by atoms with Crippen LogP contribution in [0.5, 0.6) is 5.75 Å². The van der Waals surface area contributed by atoms with Gasteiger partial charge in [-0.25, -0.2) is 4.98 Å². The molecule has 4 aromatic rings. The molecule has 170 valence electrons. The molecule has 0 bridgehead atoms. The Bertz CT molecular complexity index is 1420. The second kappa shape index (κ2) is 8.76. The number of carbonyl (C=O) groups is 2. The van der Waals surface area contributed by atoms with Crippen molar-refractivity contribution in [3.63, 3.8) is 0 Å². The number of amides is 1. The number of aliphatic hydroxyl groups excluding tert-OH is 1. The van der Waals surface area contributed by atoms with Crippen LogP contribution in [0.15, 0.2) is 78.4 Å². The van der Waals surface area contributed by atoms with Crippen molar-refractivity contribution in [2.75, 3.05) is 11.5 Å². The molecular formula is C27H22N2O4S. The summed E-state index contributed by atoms with van der Waals surface area (Å²) >= 11 is 1.35. The van der Waals surface area contributed by atoms with Crippen molar-refractivity contribution in [1.82, 2.24) is 4.98 Å². The first-order valence-corrected chi connectivity index (χ1v) is 11.8. The molecule has 1 aliphatic rings. The SMILES string of the molecule is CCOc1ccc(C2/C(=C(\O)c3ccccc3)C(=O)C(=O)N2c2nc3ccc(C)cc3s2)cc1. The molecule has 0 spiro atoms. The molecule has 0 saturated carbocycles. The number of thiazole rings is 1. The highest BCUT2D eigenvalue weighted by molar-refractivity contribution is 7.22. The number of benzene rings is 3. The first-order chi connectivity index (χ1) is 16.5. The molecule has 3 aromatic carbocycles. The molecule has 1 saturated heterocycles. The smallest absolute Gasteiger partial charge is 0.301 e. The highest BCUT2D eigenvalue weighted by Crippen LogP contribution is 2.44. The summed E-state index contributed by atoms with van der Waals surface area (Å²) in [5, 5.41) is 11.6. The predicted molar refractivity (Wildman–Crippen MR) is 133 cm³/mol. The lowest BCUT2D eigenvalue weighted by Crippen LogP contribution is -2.29. The van der Waals surface area contributed by atoms with E-state index in [4.69, 9.17) is 4.74 Å². The second-order valence-corrected chi connectivity index (χ2v) is 9.01. The van der Waals surface area contributed by atoms with Gasteiger partial charge < -0.3 is 9.84 Å². The zero-order valence-corrected chi connectivity index (χ0v) is 19.5. The number of aromatic nitrogens is 1. The minimum absolute atomic E-state index is 0.0378. The van der Waals surface area contributed by atoms with E-state index in [1.807, 2.05) is 50.2 Å². The van der Waals surface area contributed by atoms with E-state index >= 15 is 0 Å². The molecule has 34 heavy (non-hydrogen) atoms. The van der Waals surface area contributed by atoms with Gasteiger partial charge in [-0.15, -0.1) is 0 Å². The Hall–Kier alpha value is -3.97. The molecule has 0 aliphatic carbocycles. The topological polar surface area (TPSA) is 79.7 Å². The number of anilines is 1. The molecule has 6 nitrogen and oxygen atoms in total. The van der Waals surface area contributed by atoms with Crippen LogP contribution < -0.4 is 9.64 Å². The minimum Gasteiger partial charge on any atom is -0.507 e. The van der Waals surface area contributed by atoms with Crippen LogP contribution in [-0.2, 0) is 9.59 Å². The number of ketones is 1. The molecule has 1 aliphatic heterocycles. The zero-order valence-electron chi connectivity index (χ0n) is 18.7. The Labute approximate surface area is 200 Å². The second-order valence-electron chi connectivity index (χ2n) is 8.00. The van der Waals surface area contributed by atoms with Crippen molar-refractivity contribution in [1.29, 1.82) is 0 Å². The highest BCUT2D eigenvalue weighted by Gasteiger charge is 2.48. The lowest BCUT2D eigenvalue weighted by molar-refractivity contribution is -0.132. The Morgan fingerprint density at radius 2 is 1.79 bits per heavy atom. The van der Waals surface area contributed by atoms with Crippen molar-refractivity contribution in [2.45, 2.75) is 19.9 Å². The van der Waals surface area contributed by atoms with Crippen molar-refractivity contribution in [3.8, 4) is 5.75 Å². The molecule has 1 aromatic heterocycles. The van der Waals surface area contributed by atoms with Crippen LogP contribution >= 0.6 is 11.3 Å². The number of nitrogens with zero attached hydrogens (tertiary/aromatic N) is 2. The third-order valence-corrected chi connectivity index (χ3v) is 6.75. The van der Waals surface area contributed by atoms with Gasteiger partial charge in [-0.1, -0.05) is 59.9 Å². The summed E-state index contributed by atoms with van der Waals surface area (Å²) in [5.74, 6) is -0.984. The van der Waals surface area contributed by atoms with Gasteiger partial charge in [-0.2, -0.15) is 0 Å². The number of aliphatic hydroxyl groups is 1. The van der Waals surface area contributed by atoms with Crippen LogP contribution in [0.2, 0.25) is 0 Å². The molecule has 1 fully saturated rings. The molecule has 1 amide bonds. The Morgan fingerprint density at radius 1 is 1.06 bits per heavy atom. The summed E-state index contributed by atoms with van der Waals surface area (Å²) in [5.41, 5.74) is 3.01. The Kier molecular flexibility index (Phi) is 5.63. The maximum absolute atomic E-state index is 13.3. The third-order valence-electron chi connectivity index (χ3n) is 5.74. The van der Waals surface area contributed by atoms with Gasteiger partial charge >= 0.3 is 5.91 Å². The zero-order chi connectivity index (χ0) is 23.8. The van der Waals surface area contributed by atoms with Crippen LogP contribution in [0.4, 0.5) is 5.13 Å². The van der Waals surface area contributed by atoms with E-state index in [2.05, 4.69) is 4.98 Å². The summed E-state index contributed by atoms with van der Waals surface area (Å²) in [6, 6.07) is 21.0. The van der Waals surface area contributed by atoms with Gasteiger partial charge in [0.15, 0.2) is 5.13 Å². The monoisotopic (exact) mass is 470 g/mol. The molecule has 0 radical (unpaired) electrons. The van der Waals surface area contributed by atoms with E-state index in [9.17, 15) is 14.7 Å². The van der Waals surface area contributed by atoms with Gasteiger partial charge in [0, 0.05) is 5.56 Å². The van der Waals surface area contributed by atoms with Crippen molar-refractivity contribution in [3.05, 3.63) is 95.1 Å². The van der Waals surface area contributed by atoms with E-state index in [0.29, 0.717) is 28.6 Å². The van der Waals surface area contributed by atoms with Gasteiger partial charge in [0.2, 0.25) is 0 Å². The fraction of sp³-hybridized carbons (Fsp3) is 0.148. The molecule has 1 atom stereocenters. The number of carbonyl (C=O) groups excluding carboxylic acids is 2. The van der Waals surface area contributed by atoms with Gasteiger partial charge in [-0.3, -0.25) is 14.5 Å². The Morgan fingerprint density at radius 3 is 2.50 bits per heavy atom. The van der Waals surface area contributed by atoms with Crippen LogP contribution in [0.1, 0.15) is 29.7 Å². The van der Waals surface area contributed by atoms with Gasteiger partial charge in [0.25, 0.3) is 5.78 Å². The largest absolute Gasteiger partial charge is 0.507 e. The number of hydrogen-bond acceptors (Lipinski definition) is 6. The molecule has 2 heterocycles. The normalized spacial score (nSPS) is 17.5. The molecule has 1 N–H and O–H groups in total. The van der Waals surface area contributed by atoms with Crippen molar-refractivity contribution >= 4 is 44.1 Å². The maximum Gasteiger partial charge on any atom is 0.301 e. The lowest BCUT2D eigenvalue weighted by atomic mass is 9.95.